The van der Waals surface area contributed by atoms with Gasteiger partial charge in [-0.2, -0.15) is 0 Å². The Morgan fingerprint density at radius 3 is 1.34 bits per heavy atom. The summed E-state index contributed by atoms with van der Waals surface area (Å²) < 4.78 is 0. The highest BCUT2D eigenvalue weighted by Gasteiger charge is 2.39. The van der Waals surface area contributed by atoms with Crippen LogP contribution in [0.15, 0.2) is 231 Å². The summed E-state index contributed by atoms with van der Waals surface area (Å²) in [4.78, 5) is 4.90. The van der Waals surface area contributed by atoms with E-state index in [-0.39, 0.29) is 5.41 Å². The van der Waals surface area contributed by atoms with E-state index < -0.39 is 0 Å². The zero-order chi connectivity index (χ0) is 40.9. The first-order valence-electron chi connectivity index (χ1n) is 21.2. The van der Waals surface area contributed by atoms with Crippen LogP contribution in [0.1, 0.15) is 25.0 Å². The van der Waals surface area contributed by atoms with Crippen LogP contribution in [0.4, 0.5) is 34.1 Å². The second-order valence-electron chi connectivity index (χ2n) is 16.6. The van der Waals surface area contributed by atoms with E-state index in [2.05, 4.69) is 254 Å². The average molecular weight is 781 g/mol. The Balaban J connectivity index is 1.15. The van der Waals surface area contributed by atoms with E-state index in [1.807, 2.05) is 0 Å². The van der Waals surface area contributed by atoms with Crippen molar-refractivity contribution >= 4 is 55.7 Å². The first kappa shape index (κ1) is 36.4. The zero-order valence-corrected chi connectivity index (χ0v) is 34.3. The normalized spacial score (nSPS) is 12.6. The summed E-state index contributed by atoms with van der Waals surface area (Å²) in [6.07, 6.45) is 0. The van der Waals surface area contributed by atoms with Gasteiger partial charge in [0.2, 0.25) is 0 Å². The first-order chi connectivity index (χ1) is 30.0. The Kier molecular flexibility index (Phi) is 8.86. The third-order valence-electron chi connectivity index (χ3n) is 12.5. The molecule has 0 radical (unpaired) electrons. The van der Waals surface area contributed by atoms with Crippen molar-refractivity contribution in [2.24, 2.45) is 0 Å². The molecular formula is C59H44N2. The molecule has 11 rings (SSSR count). The van der Waals surface area contributed by atoms with Crippen LogP contribution in [0, 0.1) is 0 Å². The van der Waals surface area contributed by atoms with Crippen LogP contribution in [0.2, 0.25) is 0 Å². The third kappa shape index (κ3) is 6.45. The van der Waals surface area contributed by atoms with E-state index in [9.17, 15) is 0 Å². The lowest BCUT2D eigenvalue weighted by atomic mass is 9.82. The lowest BCUT2D eigenvalue weighted by Crippen LogP contribution is -2.18. The van der Waals surface area contributed by atoms with Crippen molar-refractivity contribution in [3.8, 4) is 33.4 Å². The molecule has 0 amide bonds. The molecule has 10 aromatic carbocycles. The molecule has 2 nitrogen and oxygen atoms in total. The lowest BCUT2D eigenvalue weighted by Gasteiger charge is -2.33. The van der Waals surface area contributed by atoms with Gasteiger partial charge < -0.3 is 9.80 Å². The van der Waals surface area contributed by atoms with Crippen molar-refractivity contribution in [1.82, 2.24) is 0 Å². The molecule has 1 aliphatic carbocycles. The number of fused-ring (bicyclic) bond motifs is 5. The van der Waals surface area contributed by atoms with E-state index >= 15 is 0 Å². The van der Waals surface area contributed by atoms with Crippen molar-refractivity contribution < 1.29 is 0 Å². The topological polar surface area (TPSA) is 6.48 Å². The minimum Gasteiger partial charge on any atom is -0.310 e. The summed E-state index contributed by atoms with van der Waals surface area (Å²) in [6, 6.07) is 84.3. The molecule has 0 aliphatic heterocycles. The van der Waals surface area contributed by atoms with Gasteiger partial charge in [0, 0.05) is 39.4 Å². The number of hydrogen-bond donors (Lipinski definition) is 0. The molecule has 2 heteroatoms. The molecule has 0 saturated carbocycles. The van der Waals surface area contributed by atoms with Crippen molar-refractivity contribution in [2.75, 3.05) is 9.80 Å². The van der Waals surface area contributed by atoms with Gasteiger partial charge in [-0.05, 0) is 133 Å². The van der Waals surface area contributed by atoms with Crippen molar-refractivity contribution in [3.63, 3.8) is 0 Å². The van der Waals surface area contributed by atoms with Gasteiger partial charge in [0.15, 0.2) is 0 Å². The van der Waals surface area contributed by atoms with Crippen LogP contribution < -0.4 is 9.80 Å². The Morgan fingerprint density at radius 2 is 0.754 bits per heavy atom. The second-order valence-corrected chi connectivity index (χ2v) is 16.6. The quantitative estimate of drug-likeness (QED) is 0.152. The second kappa shape index (κ2) is 14.9. The van der Waals surface area contributed by atoms with Crippen LogP contribution in [-0.2, 0) is 5.41 Å². The molecule has 0 aromatic heterocycles. The third-order valence-corrected chi connectivity index (χ3v) is 12.5. The van der Waals surface area contributed by atoms with Gasteiger partial charge in [-0.1, -0.05) is 172 Å². The van der Waals surface area contributed by atoms with Crippen LogP contribution in [0.3, 0.4) is 0 Å². The maximum absolute atomic E-state index is 2.47. The van der Waals surface area contributed by atoms with E-state index in [1.54, 1.807) is 0 Å². The van der Waals surface area contributed by atoms with Gasteiger partial charge in [-0.3, -0.25) is 0 Å². The first-order valence-corrected chi connectivity index (χ1v) is 21.2. The zero-order valence-electron chi connectivity index (χ0n) is 34.3. The highest BCUT2D eigenvalue weighted by Crippen LogP contribution is 2.56. The monoisotopic (exact) mass is 780 g/mol. The number of benzene rings is 10. The number of nitrogens with zero attached hydrogens (tertiary/aromatic N) is 2. The number of hydrogen-bond acceptors (Lipinski definition) is 2. The summed E-state index contributed by atoms with van der Waals surface area (Å²) in [5, 5.41) is 4.96. The van der Waals surface area contributed by atoms with Crippen LogP contribution in [-0.4, -0.2) is 0 Å². The van der Waals surface area contributed by atoms with E-state index in [4.69, 9.17) is 0 Å². The molecule has 10 aromatic rings. The molecule has 1 aliphatic rings. The van der Waals surface area contributed by atoms with Crippen molar-refractivity contribution in [1.29, 1.82) is 0 Å². The Labute approximate surface area is 358 Å². The lowest BCUT2D eigenvalue weighted by molar-refractivity contribution is 0.660. The van der Waals surface area contributed by atoms with Crippen LogP contribution in [0.5, 0.6) is 0 Å². The molecule has 0 heterocycles. The Hall–Kier alpha value is -7.68. The van der Waals surface area contributed by atoms with Gasteiger partial charge in [-0.25, -0.2) is 0 Å². The standard InChI is InChI=1S/C59H44N2/c1-59(2)55-30-14-13-29-54(55)58-56(59)39-53(60(49-23-5-3-6-24-49)51-27-15-21-45(37-51)47-33-31-41-17-9-11-19-43(41)35-47)40-57(58)61(50-25-7-4-8-26-50)52-28-16-22-46(38-52)48-34-32-42-18-10-12-20-44(42)36-48/h3-40H,1-2H3. The van der Waals surface area contributed by atoms with E-state index in [1.165, 1.54) is 66.1 Å². The minimum atomic E-state index is -0.249. The van der Waals surface area contributed by atoms with Crippen LogP contribution in [0.25, 0.3) is 54.9 Å². The van der Waals surface area contributed by atoms with Gasteiger partial charge >= 0.3 is 0 Å². The fourth-order valence-corrected chi connectivity index (χ4v) is 9.50. The molecular weight excluding hydrogens is 737 g/mol. The van der Waals surface area contributed by atoms with Crippen molar-refractivity contribution in [2.45, 2.75) is 19.3 Å². The molecule has 0 atom stereocenters. The van der Waals surface area contributed by atoms with Gasteiger partial charge in [0.05, 0.1) is 5.69 Å². The summed E-state index contributed by atoms with van der Waals surface area (Å²) in [7, 11) is 0. The summed E-state index contributed by atoms with van der Waals surface area (Å²) >= 11 is 0. The fourth-order valence-electron chi connectivity index (χ4n) is 9.50. The van der Waals surface area contributed by atoms with Gasteiger partial charge in [0.25, 0.3) is 0 Å². The maximum atomic E-state index is 2.47. The molecule has 0 bridgehead atoms. The SMILES string of the molecule is CC1(C)c2ccccc2-c2c(N(c3ccccc3)c3cccc(-c4ccc5ccccc5c4)c3)cc(N(c3ccccc3)c3cccc(-c4ccc5ccccc5c4)c3)cc21. The fraction of sp³-hybridized carbons (Fsp3) is 0.0508. The molecule has 61 heavy (non-hydrogen) atoms. The number of anilines is 6. The highest BCUT2D eigenvalue weighted by molar-refractivity contribution is 5.99. The van der Waals surface area contributed by atoms with Crippen LogP contribution >= 0.6 is 0 Å². The maximum Gasteiger partial charge on any atom is 0.0564 e. The van der Waals surface area contributed by atoms with E-state index in [0.717, 1.165) is 34.1 Å². The molecule has 0 unspecified atom stereocenters. The smallest absolute Gasteiger partial charge is 0.0564 e. The van der Waals surface area contributed by atoms with Gasteiger partial charge in [-0.15, -0.1) is 0 Å². The average Bonchev–Trinajstić information content (AvgIpc) is 3.55. The minimum absolute atomic E-state index is 0.249. The van der Waals surface area contributed by atoms with Gasteiger partial charge in [0.1, 0.15) is 0 Å². The predicted octanol–water partition coefficient (Wildman–Crippen LogP) is 16.6. The molecule has 0 N–H and O–H groups in total. The van der Waals surface area contributed by atoms with E-state index in [0.29, 0.717) is 0 Å². The molecule has 0 saturated heterocycles. The summed E-state index contributed by atoms with van der Waals surface area (Å²) in [6.45, 7) is 4.76. The highest BCUT2D eigenvalue weighted by atomic mass is 15.2. The number of para-hydroxylation sites is 2. The summed E-state index contributed by atoms with van der Waals surface area (Å²) in [5.74, 6) is 0. The molecule has 0 fully saturated rings. The largest absolute Gasteiger partial charge is 0.310 e. The molecule has 0 spiro atoms. The Bertz CT molecular complexity index is 3240. The molecule has 290 valence electrons. The number of rotatable bonds is 8. The Morgan fingerprint density at radius 1 is 0.295 bits per heavy atom. The predicted molar refractivity (Wildman–Crippen MR) is 259 cm³/mol. The van der Waals surface area contributed by atoms with Crippen molar-refractivity contribution in [3.05, 3.63) is 242 Å². The summed E-state index contributed by atoms with van der Waals surface area (Å²) in [5.41, 5.74) is 16.3.